The van der Waals surface area contributed by atoms with Crippen LogP contribution in [0.15, 0.2) is 81.6 Å². The molecule has 0 saturated carbocycles. The van der Waals surface area contributed by atoms with Gasteiger partial charge in [0, 0.05) is 43.0 Å². The molecule has 6 nitrogen and oxygen atoms in total. The maximum absolute atomic E-state index is 6.11. The van der Waals surface area contributed by atoms with Crippen molar-refractivity contribution in [1.82, 2.24) is 9.97 Å². The molecule has 0 bridgehead atoms. The molecule has 0 aliphatic heterocycles. The smallest absolute Gasteiger partial charge is 0.227 e. The predicted octanol–water partition coefficient (Wildman–Crippen LogP) is 7.66. The van der Waals surface area contributed by atoms with Crippen LogP contribution < -0.4 is 9.64 Å². The van der Waals surface area contributed by atoms with E-state index in [1.165, 1.54) is 11.1 Å². The van der Waals surface area contributed by atoms with Gasteiger partial charge in [-0.15, -0.1) is 0 Å². The molecule has 0 atom stereocenters. The third-order valence-corrected chi connectivity index (χ3v) is 6.72. The number of rotatable bonds is 5. The van der Waals surface area contributed by atoms with Crippen LogP contribution in [-0.2, 0) is 0 Å². The third kappa shape index (κ3) is 4.10. The van der Waals surface area contributed by atoms with E-state index >= 15 is 0 Å². The largest absolute Gasteiger partial charge is 0.497 e. The summed E-state index contributed by atoms with van der Waals surface area (Å²) in [7, 11) is 5.67. The molecule has 37 heavy (non-hydrogen) atoms. The Bertz CT molecular complexity index is 1780. The monoisotopic (exact) mass is 489 g/mol. The molecule has 0 amide bonds. The Morgan fingerprint density at radius 1 is 0.649 bits per heavy atom. The van der Waals surface area contributed by atoms with Crippen LogP contribution in [0.1, 0.15) is 11.1 Å². The van der Waals surface area contributed by atoms with Crippen LogP contribution in [0.25, 0.3) is 56.2 Å². The van der Waals surface area contributed by atoms with Crippen LogP contribution in [-0.4, -0.2) is 31.2 Å². The minimum Gasteiger partial charge on any atom is -0.497 e. The molecule has 0 saturated heterocycles. The van der Waals surface area contributed by atoms with Gasteiger partial charge in [0.25, 0.3) is 0 Å². The van der Waals surface area contributed by atoms with E-state index < -0.39 is 0 Å². The molecule has 4 aromatic carbocycles. The van der Waals surface area contributed by atoms with Crippen molar-refractivity contribution < 1.29 is 13.6 Å². The maximum atomic E-state index is 6.11. The van der Waals surface area contributed by atoms with Crippen molar-refractivity contribution in [1.29, 1.82) is 0 Å². The SMILES string of the molecule is COc1ccc2nc(-c3ccc(-c4ccc(-c5nc6ccc(N(C)C)cc6o5)cc4C)c(C)c3)oc2c1. The van der Waals surface area contributed by atoms with Gasteiger partial charge in [-0.05, 0) is 84.6 Å². The molecule has 184 valence electrons. The summed E-state index contributed by atoms with van der Waals surface area (Å²) < 4.78 is 17.4. The second-order valence-electron chi connectivity index (χ2n) is 9.48. The number of ether oxygens (including phenoxy) is 1. The number of nitrogens with zero attached hydrogens (tertiary/aromatic N) is 3. The molecule has 2 heterocycles. The molecular formula is C31H27N3O3. The van der Waals surface area contributed by atoms with E-state index in [9.17, 15) is 0 Å². The highest BCUT2D eigenvalue weighted by Gasteiger charge is 2.15. The molecule has 6 aromatic rings. The lowest BCUT2D eigenvalue weighted by molar-refractivity contribution is 0.414. The third-order valence-electron chi connectivity index (χ3n) is 6.72. The Morgan fingerprint density at radius 2 is 1.19 bits per heavy atom. The van der Waals surface area contributed by atoms with E-state index in [0.717, 1.165) is 50.3 Å². The first-order valence-corrected chi connectivity index (χ1v) is 12.1. The van der Waals surface area contributed by atoms with Crippen molar-refractivity contribution in [3.05, 3.63) is 83.9 Å². The summed E-state index contributed by atoms with van der Waals surface area (Å²) in [5, 5.41) is 0. The molecule has 0 aliphatic rings. The van der Waals surface area contributed by atoms with E-state index in [-0.39, 0.29) is 0 Å². The van der Waals surface area contributed by atoms with E-state index in [4.69, 9.17) is 18.6 Å². The number of oxazole rings is 2. The molecule has 0 aliphatic carbocycles. The lowest BCUT2D eigenvalue weighted by atomic mass is 9.94. The van der Waals surface area contributed by atoms with E-state index in [1.807, 2.05) is 50.5 Å². The van der Waals surface area contributed by atoms with Gasteiger partial charge in [0.15, 0.2) is 11.2 Å². The summed E-state index contributed by atoms with van der Waals surface area (Å²) in [6, 6.07) is 24.4. The summed E-state index contributed by atoms with van der Waals surface area (Å²) in [5.74, 6) is 1.97. The number of benzene rings is 4. The van der Waals surface area contributed by atoms with Crippen molar-refractivity contribution in [2.24, 2.45) is 0 Å². The molecule has 0 spiro atoms. The zero-order valence-electron chi connectivity index (χ0n) is 21.5. The predicted molar refractivity (Wildman–Crippen MR) is 148 cm³/mol. The number of aryl methyl sites for hydroxylation is 2. The quantitative estimate of drug-likeness (QED) is 0.248. The number of hydrogen-bond donors (Lipinski definition) is 0. The number of fused-ring (bicyclic) bond motifs is 2. The Labute approximate surface area is 215 Å². The summed E-state index contributed by atoms with van der Waals surface area (Å²) in [6.07, 6.45) is 0. The van der Waals surface area contributed by atoms with Crippen LogP contribution in [0.5, 0.6) is 5.75 Å². The summed E-state index contributed by atoms with van der Waals surface area (Å²) in [6.45, 7) is 4.23. The van der Waals surface area contributed by atoms with Gasteiger partial charge < -0.3 is 18.5 Å². The second-order valence-corrected chi connectivity index (χ2v) is 9.48. The number of aromatic nitrogens is 2. The molecule has 6 heteroatoms. The lowest BCUT2D eigenvalue weighted by Crippen LogP contribution is -2.07. The molecule has 6 rings (SSSR count). The number of methoxy groups -OCH3 is 1. The van der Waals surface area contributed by atoms with E-state index in [2.05, 4.69) is 60.1 Å². The Morgan fingerprint density at radius 3 is 1.70 bits per heavy atom. The van der Waals surface area contributed by atoms with Gasteiger partial charge in [-0.25, -0.2) is 9.97 Å². The van der Waals surface area contributed by atoms with Crippen LogP contribution in [0.2, 0.25) is 0 Å². The van der Waals surface area contributed by atoms with Crippen molar-refractivity contribution in [2.45, 2.75) is 13.8 Å². The van der Waals surface area contributed by atoms with Gasteiger partial charge >= 0.3 is 0 Å². The van der Waals surface area contributed by atoms with Gasteiger partial charge in [0.05, 0.1) is 7.11 Å². The molecular weight excluding hydrogens is 462 g/mol. The van der Waals surface area contributed by atoms with Gasteiger partial charge in [0.2, 0.25) is 11.8 Å². The summed E-state index contributed by atoms with van der Waals surface area (Å²) in [5.41, 5.74) is 10.8. The fraction of sp³-hybridized carbons (Fsp3) is 0.161. The lowest BCUT2D eigenvalue weighted by Gasteiger charge is -2.11. The fourth-order valence-electron chi connectivity index (χ4n) is 4.67. The van der Waals surface area contributed by atoms with Crippen molar-refractivity contribution in [3.63, 3.8) is 0 Å². The molecule has 0 radical (unpaired) electrons. The molecule has 0 fully saturated rings. The fourth-order valence-corrected chi connectivity index (χ4v) is 4.67. The van der Waals surface area contributed by atoms with Crippen LogP contribution in [0, 0.1) is 13.8 Å². The first kappa shape index (κ1) is 22.9. The Kier molecular flexibility index (Phi) is 5.45. The Balaban J connectivity index is 1.32. The van der Waals surface area contributed by atoms with Crippen LogP contribution >= 0.6 is 0 Å². The summed E-state index contributed by atoms with van der Waals surface area (Å²) >= 11 is 0. The van der Waals surface area contributed by atoms with E-state index in [0.29, 0.717) is 17.4 Å². The normalized spacial score (nSPS) is 11.4. The van der Waals surface area contributed by atoms with Gasteiger partial charge in [-0.1, -0.05) is 12.1 Å². The van der Waals surface area contributed by atoms with Gasteiger partial charge in [-0.3, -0.25) is 0 Å². The highest BCUT2D eigenvalue weighted by molar-refractivity contribution is 5.82. The minimum atomic E-state index is 0.596. The van der Waals surface area contributed by atoms with Crippen LogP contribution in [0.3, 0.4) is 0 Å². The van der Waals surface area contributed by atoms with Crippen LogP contribution in [0.4, 0.5) is 5.69 Å². The summed E-state index contributed by atoms with van der Waals surface area (Å²) in [4.78, 5) is 11.4. The number of hydrogen-bond acceptors (Lipinski definition) is 6. The molecule has 2 aromatic heterocycles. The first-order valence-electron chi connectivity index (χ1n) is 12.1. The van der Waals surface area contributed by atoms with Gasteiger partial charge in [0.1, 0.15) is 16.8 Å². The highest BCUT2D eigenvalue weighted by atomic mass is 16.5. The first-order chi connectivity index (χ1) is 17.9. The molecule has 0 unspecified atom stereocenters. The van der Waals surface area contributed by atoms with E-state index in [1.54, 1.807) is 7.11 Å². The maximum Gasteiger partial charge on any atom is 0.227 e. The minimum absolute atomic E-state index is 0.596. The van der Waals surface area contributed by atoms with Gasteiger partial charge in [-0.2, -0.15) is 0 Å². The molecule has 0 N–H and O–H groups in total. The average molecular weight is 490 g/mol. The zero-order chi connectivity index (χ0) is 25.7. The average Bonchev–Trinajstić information content (AvgIpc) is 3.52. The second kappa shape index (κ2) is 8.82. The standard InChI is InChI=1S/C31H27N3O3/c1-18-14-20(30-32-26-12-8-22(34(3)4)16-28(26)36-30)6-10-24(18)25-11-7-21(15-19(25)2)31-33-27-13-9-23(35-5)17-29(27)37-31/h6-17H,1-5H3. The zero-order valence-corrected chi connectivity index (χ0v) is 21.5. The van der Waals surface area contributed by atoms with Crippen molar-refractivity contribution in [2.75, 3.05) is 26.1 Å². The Hall–Kier alpha value is -4.58. The van der Waals surface area contributed by atoms with Crippen molar-refractivity contribution in [3.8, 4) is 39.8 Å². The van der Waals surface area contributed by atoms with Crippen molar-refractivity contribution >= 4 is 27.9 Å². The topological polar surface area (TPSA) is 64.5 Å². The highest BCUT2D eigenvalue weighted by Crippen LogP contribution is 2.35. The number of anilines is 1.